The van der Waals surface area contributed by atoms with Crippen LogP contribution in [-0.4, -0.2) is 28.4 Å². The molecular formula is C17H14N6O4S2. The van der Waals surface area contributed by atoms with E-state index in [1.165, 1.54) is 54.9 Å². The van der Waals surface area contributed by atoms with E-state index < -0.39 is 14.9 Å². The third-order valence-electron chi connectivity index (χ3n) is 3.53. The lowest BCUT2D eigenvalue weighted by Crippen LogP contribution is -2.19. The molecule has 1 aromatic heterocycles. The van der Waals surface area contributed by atoms with Crippen molar-refractivity contribution < 1.29 is 13.3 Å². The Morgan fingerprint density at radius 3 is 2.28 bits per heavy atom. The van der Waals surface area contributed by atoms with Crippen LogP contribution in [0.3, 0.4) is 0 Å². The van der Waals surface area contributed by atoms with Crippen molar-refractivity contribution in [3.05, 3.63) is 77.1 Å². The molecule has 0 radical (unpaired) electrons. The number of nitro benzene ring substituents is 1. The molecule has 1 heterocycles. The minimum Gasteiger partial charge on any atom is -0.332 e. The summed E-state index contributed by atoms with van der Waals surface area (Å²) < 4.78 is 27.0. The number of thiocarbonyl (C=S) groups is 1. The number of benzene rings is 2. The Balaban J connectivity index is 1.65. The van der Waals surface area contributed by atoms with Crippen LogP contribution in [-0.2, 0) is 10.0 Å². The average Bonchev–Trinajstić information content (AvgIpc) is 2.69. The quantitative estimate of drug-likeness (QED) is 0.306. The predicted molar refractivity (Wildman–Crippen MR) is 112 cm³/mol. The summed E-state index contributed by atoms with van der Waals surface area (Å²) in [5.74, 6) is -0.0305. The van der Waals surface area contributed by atoms with Crippen LogP contribution >= 0.6 is 12.2 Å². The van der Waals surface area contributed by atoms with Gasteiger partial charge in [-0.25, -0.2) is 23.1 Å². The molecule has 0 atom stereocenters. The lowest BCUT2D eigenvalue weighted by atomic mass is 10.3. The van der Waals surface area contributed by atoms with E-state index in [0.717, 1.165) is 0 Å². The van der Waals surface area contributed by atoms with Crippen molar-refractivity contribution in [3.63, 3.8) is 0 Å². The van der Waals surface area contributed by atoms with Crippen LogP contribution in [0, 0.1) is 10.1 Å². The molecule has 0 amide bonds. The Bertz CT molecular complexity index is 1140. The number of hydrogen-bond donors (Lipinski definition) is 3. The molecule has 3 N–H and O–H groups in total. The maximum absolute atomic E-state index is 12.4. The first-order valence-electron chi connectivity index (χ1n) is 8.06. The van der Waals surface area contributed by atoms with E-state index in [-0.39, 0.29) is 21.6 Å². The Labute approximate surface area is 171 Å². The van der Waals surface area contributed by atoms with E-state index in [1.807, 2.05) is 0 Å². The minimum atomic E-state index is -3.84. The molecular weight excluding hydrogens is 416 g/mol. The topological polar surface area (TPSA) is 139 Å². The second-order valence-electron chi connectivity index (χ2n) is 5.59. The summed E-state index contributed by atoms with van der Waals surface area (Å²) in [6, 6.07) is 13.3. The number of non-ortho nitro benzene ring substituents is 1. The first-order chi connectivity index (χ1) is 13.8. The van der Waals surface area contributed by atoms with Crippen LogP contribution in [0.1, 0.15) is 0 Å². The van der Waals surface area contributed by atoms with E-state index in [1.54, 1.807) is 12.1 Å². The van der Waals surface area contributed by atoms with Crippen LogP contribution in [0.4, 0.5) is 23.0 Å². The summed E-state index contributed by atoms with van der Waals surface area (Å²) >= 11 is 5.18. The highest BCUT2D eigenvalue weighted by Gasteiger charge is 2.15. The summed E-state index contributed by atoms with van der Waals surface area (Å²) in [4.78, 5) is 18.0. The summed E-state index contributed by atoms with van der Waals surface area (Å²) in [5, 5.41) is 16.7. The fourth-order valence-corrected chi connectivity index (χ4v) is 3.43. The Kier molecular flexibility index (Phi) is 5.95. The van der Waals surface area contributed by atoms with Crippen molar-refractivity contribution in [1.82, 2.24) is 9.97 Å². The lowest BCUT2D eigenvalue weighted by Gasteiger charge is -2.11. The van der Waals surface area contributed by atoms with Crippen molar-refractivity contribution in [2.45, 2.75) is 4.90 Å². The van der Waals surface area contributed by atoms with Crippen molar-refractivity contribution in [1.29, 1.82) is 0 Å². The van der Waals surface area contributed by atoms with Crippen molar-refractivity contribution in [2.75, 3.05) is 15.4 Å². The standard InChI is InChI=1S/C17H14N6O4S2/c24-23(25)14-4-1-3-13(11-14)21-17(28)20-12-5-7-15(8-6-12)29(26,27)22-16-18-9-2-10-19-16/h1-11H,(H,18,19,22)(H2,20,21,28). The molecule has 0 spiro atoms. The normalized spacial score (nSPS) is 10.8. The van der Waals surface area contributed by atoms with Gasteiger partial charge in [0, 0.05) is 35.9 Å². The van der Waals surface area contributed by atoms with Crippen LogP contribution in [0.25, 0.3) is 0 Å². The molecule has 0 bridgehead atoms. The van der Waals surface area contributed by atoms with Crippen molar-refractivity contribution in [2.24, 2.45) is 0 Å². The monoisotopic (exact) mass is 430 g/mol. The predicted octanol–water partition coefficient (Wildman–Crippen LogP) is 2.99. The van der Waals surface area contributed by atoms with Gasteiger partial charge in [-0.05, 0) is 48.6 Å². The van der Waals surface area contributed by atoms with Crippen LogP contribution in [0.5, 0.6) is 0 Å². The van der Waals surface area contributed by atoms with E-state index >= 15 is 0 Å². The van der Waals surface area contributed by atoms with Gasteiger partial charge in [-0.3, -0.25) is 10.1 Å². The molecule has 0 saturated carbocycles. The van der Waals surface area contributed by atoms with Gasteiger partial charge in [0.05, 0.1) is 9.82 Å². The molecule has 0 saturated heterocycles. The fraction of sp³-hybridized carbons (Fsp3) is 0. The highest BCUT2D eigenvalue weighted by molar-refractivity contribution is 7.92. The average molecular weight is 430 g/mol. The van der Waals surface area contributed by atoms with Gasteiger partial charge in [-0.2, -0.15) is 0 Å². The van der Waals surface area contributed by atoms with Gasteiger partial charge in [0.2, 0.25) is 5.95 Å². The van der Waals surface area contributed by atoms with Gasteiger partial charge in [0.1, 0.15) is 0 Å². The summed E-state index contributed by atoms with van der Waals surface area (Å²) in [6.45, 7) is 0. The van der Waals surface area contributed by atoms with E-state index in [2.05, 4.69) is 25.3 Å². The Morgan fingerprint density at radius 2 is 1.62 bits per heavy atom. The van der Waals surface area contributed by atoms with E-state index in [9.17, 15) is 18.5 Å². The highest BCUT2D eigenvalue weighted by atomic mass is 32.2. The third kappa shape index (κ3) is 5.43. The third-order valence-corrected chi connectivity index (χ3v) is 5.08. The number of aromatic nitrogens is 2. The number of anilines is 3. The molecule has 3 rings (SSSR count). The first-order valence-corrected chi connectivity index (χ1v) is 9.95. The summed E-state index contributed by atoms with van der Waals surface area (Å²) in [5.41, 5.74) is 0.910. The largest absolute Gasteiger partial charge is 0.332 e. The van der Waals surface area contributed by atoms with Crippen LogP contribution in [0.2, 0.25) is 0 Å². The molecule has 0 aliphatic rings. The first kappa shape index (κ1) is 20.1. The molecule has 2 aromatic carbocycles. The van der Waals surface area contributed by atoms with E-state index in [0.29, 0.717) is 11.4 Å². The van der Waals surface area contributed by atoms with Gasteiger partial charge < -0.3 is 10.6 Å². The molecule has 29 heavy (non-hydrogen) atoms. The number of hydrogen-bond acceptors (Lipinski definition) is 7. The number of rotatable bonds is 6. The van der Waals surface area contributed by atoms with Gasteiger partial charge >= 0.3 is 0 Å². The summed E-state index contributed by atoms with van der Waals surface area (Å²) in [7, 11) is -3.84. The van der Waals surface area contributed by atoms with Crippen molar-refractivity contribution >= 4 is 50.4 Å². The molecule has 0 fully saturated rings. The van der Waals surface area contributed by atoms with Gasteiger partial charge in [0.15, 0.2) is 5.11 Å². The zero-order chi connectivity index (χ0) is 20.9. The van der Waals surface area contributed by atoms with Crippen LogP contribution < -0.4 is 15.4 Å². The molecule has 0 unspecified atom stereocenters. The second-order valence-corrected chi connectivity index (χ2v) is 7.68. The second kappa shape index (κ2) is 8.58. The smallest absolute Gasteiger partial charge is 0.271 e. The Hall–Kier alpha value is -3.64. The lowest BCUT2D eigenvalue weighted by molar-refractivity contribution is -0.384. The molecule has 10 nitrogen and oxygen atoms in total. The fourth-order valence-electron chi connectivity index (χ4n) is 2.24. The Morgan fingerprint density at radius 1 is 0.966 bits per heavy atom. The molecule has 148 valence electrons. The van der Waals surface area contributed by atoms with Gasteiger partial charge in [-0.1, -0.05) is 6.07 Å². The highest BCUT2D eigenvalue weighted by Crippen LogP contribution is 2.19. The minimum absolute atomic E-state index is 0.0214. The number of nitro groups is 1. The van der Waals surface area contributed by atoms with Crippen LogP contribution in [0.15, 0.2) is 71.9 Å². The van der Waals surface area contributed by atoms with Gasteiger partial charge in [0.25, 0.3) is 15.7 Å². The van der Waals surface area contributed by atoms with Gasteiger partial charge in [-0.15, -0.1) is 0 Å². The zero-order valence-corrected chi connectivity index (χ0v) is 16.3. The van der Waals surface area contributed by atoms with E-state index in [4.69, 9.17) is 12.2 Å². The zero-order valence-electron chi connectivity index (χ0n) is 14.6. The number of nitrogens with zero attached hydrogens (tertiary/aromatic N) is 3. The maximum atomic E-state index is 12.4. The summed E-state index contributed by atoms with van der Waals surface area (Å²) in [6.07, 6.45) is 2.85. The molecule has 0 aliphatic heterocycles. The number of nitrogens with one attached hydrogen (secondary N) is 3. The maximum Gasteiger partial charge on any atom is 0.271 e. The molecule has 3 aromatic rings. The van der Waals surface area contributed by atoms with Crippen molar-refractivity contribution in [3.8, 4) is 0 Å². The SMILES string of the molecule is O=[N+]([O-])c1cccc(NC(=S)Nc2ccc(S(=O)(=O)Nc3ncccn3)cc2)c1. The molecule has 0 aliphatic carbocycles. The number of sulfonamides is 1. The molecule has 12 heteroatoms.